The molecular weight excluding hydrogens is 475 g/mol. The van der Waals surface area contributed by atoms with E-state index in [2.05, 4.69) is 4.98 Å². The van der Waals surface area contributed by atoms with Gasteiger partial charge in [-0.3, -0.25) is 23.3 Å². The molecule has 1 atom stereocenters. The summed E-state index contributed by atoms with van der Waals surface area (Å²) in [6, 6.07) is 4.42. The van der Waals surface area contributed by atoms with Crippen molar-refractivity contribution in [3.8, 4) is 0 Å². The Kier molecular flexibility index (Phi) is 7.02. The van der Waals surface area contributed by atoms with Crippen LogP contribution in [0.1, 0.15) is 32.3 Å². The molecule has 3 heterocycles. The maximum Gasteiger partial charge on any atom is 0.332 e. The van der Waals surface area contributed by atoms with Crippen LogP contribution in [0.4, 0.5) is 10.3 Å². The minimum atomic E-state index is -0.526. The molecule has 1 amide bonds. The number of piperidine rings is 1. The molecule has 35 heavy (non-hydrogen) atoms. The van der Waals surface area contributed by atoms with Crippen molar-refractivity contribution in [1.29, 1.82) is 0 Å². The first-order chi connectivity index (χ1) is 16.7. The number of imidazole rings is 1. The highest BCUT2D eigenvalue weighted by Gasteiger charge is 2.32. The summed E-state index contributed by atoms with van der Waals surface area (Å²) in [6.07, 6.45) is 1.52. The third kappa shape index (κ3) is 4.35. The lowest BCUT2D eigenvalue weighted by molar-refractivity contribution is -0.135. The van der Waals surface area contributed by atoms with Crippen molar-refractivity contribution in [3.05, 3.63) is 55.4 Å². The summed E-state index contributed by atoms with van der Waals surface area (Å²) in [7, 11) is 2.95. The number of aromatic nitrogens is 4. The normalized spacial score (nSPS) is 16.2. The maximum atomic E-state index is 14.8. The molecule has 0 N–H and O–H groups in total. The number of carbonyl (C=O) groups excluding carboxylic acids is 1. The second-order valence-electron chi connectivity index (χ2n) is 8.87. The van der Waals surface area contributed by atoms with Crippen LogP contribution in [0.25, 0.3) is 11.2 Å². The molecule has 1 unspecified atom stereocenters. The molecule has 11 heteroatoms. The number of hydrogen-bond acceptors (Lipinski definition) is 5. The van der Waals surface area contributed by atoms with E-state index in [9.17, 15) is 18.8 Å². The van der Waals surface area contributed by atoms with E-state index in [1.54, 1.807) is 17.7 Å². The van der Waals surface area contributed by atoms with Gasteiger partial charge in [-0.1, -0.05) is 17.7 Å². The van der Waals surface area contributed by atoms with Crippen LogP contribution < -0.4 is 16.1 Å². The molecule has 188 valence electrons. The van der Waals surface area contributed by atoms with Crippen LogP contribution in [0.5, 0.6) is 0 Å². The Morgan fingerprint density at radius 1 is 1.20 bits per heavy atom. The Bertz CT molecular complexity index is 1370. The van der Waals surface area contributed by atoms with Crippen molar-refractivity contribution in [1.82, 2.24) is 23.6 Å². The number of hydrogen-bond donors (Lipinski definition) is 0. The average molecular weight is 505 g/mol. The Morgan fingerprint density at radius 3 is 2.57 bits per heavy atom. The van der Waals surface area contributed by atoms with Crippen LogP contribution in [-0.4, -0.2) is 55.7 Å². The summed E-state index contributed by atoms with van der Waals surface area (Å²) in [6.45, 7) is 6.16. The van der Waals surface area contributed by atoms with Gasteiger partial charge in [-0.15, -0.1) is 0 Å². The van der Waals surface area contributed by atoms with E-state index < -0.39 is 17.1 Å². The van der Waals surface area contributed by atoms with E-state index in [4.69, 9.17) is 11.6 Å². The van der Waals surface area contributed by atoms with Crippen molar-refractivity contribution >= 4 is 34.6 Å². The van der Waals surface area contributed by atoms with Gasteiger partial charge in [0.2, 0.25) is 11.9 Å². The number of fused-ring (bicyclic) bond motifs is 1. The quantitative estimate of drug-likeness (QED) is 0.514. The summed E-state index contributed by atoms with van der Waals surface area (Å²) >= 11 is 6.32. The molecule has 0 radical (unpaired) electrons. The van der Waals surface area contributed by atoms with Gasteiger partial charge in [0.25, 0.3) is 5.56 Å². The van der Waals surface area contributed by atoms with Gasteiger partial charge in [0, 0.05) is 50.9 Å². The molecule has 1 fully saturated rings. The molecule has 1 aliphatic rings. The number of benzene rings is 1. The van der Waals surface area contributed by atoms with Crippen LogP contribution in [0, 0.1) is 11.7 Å². The zero-order valence-corrected chi connectivity index (χ0v) is 21.2. The molecule has 1 aromatic carbocycles. The molecule has 0 aliphatic carbocycles. The number of rotatable bonds is 6. The fraction of sp³-hybridized carbons (Fsp3) is 0.500. The lowest BCUT2D eigenvalue weighted by Crippen LogP contribution is -2.45. The molecule has 3 aromatic rings. The van der Waals surface area contributed by atoms with Crippen LogP contribution in [0.2, 0.25) is 5.02 Å². The largest absolute Gasteiger partial charge is 0.343 e. The monoisotopic (exact) mass is 504 g/mol. The molecule has 2 aromatic heterocycles. The Morgan fingerprint density at radius 2 is 1.91 bits per heavy atom. The van der Waals surface area contributed by atoms with Gasteiger partial charge in [-0.2, -0.15) is 4.98 Å². The number of anilines is 1. The van der Waals surface area contributed by atoms with Crippen molar-refractivity contribution in [2.75, 3.05) is 31.1 Å². The second-order valence-corrected chi connectivity index (χ2v) is 9.28. The second kappa shape index (κ2) is 9.85. The predicted molar refractivity (Wildman–Crippen MR) is 134 cm³/mol. The van der Waals surface area contributed by atoms with Crippen LogP contribution >= 0.6 is 11.6 Å². The van der Waals surface area contributed by atoms with Gasteiger partial charge in [0.1, 0.15) is 5.82 Å². The van der Waals surface area contributed by atoms with Gasteiger partial charge >= 0.3 is 5.69 Å². The fourth-order valence-electron chi connectivity index (χ4n) is 4.82. The van der Waals surface area contributed by atoms with Gasteiger partial charge in [-0.25, -0.2) is 9.18 Å². The molecule has 0 spiro atoms. The summed E-state index contributed by atoms with van der Waals surface area (Å²) < 4.78 is 18.7. The van der Waals surface area contributed by atoms with Gasteiger partial charge < -0.3 is 9.80 Å². The molecule has 0 bridgehead atoms. The van der Waals surface area contributed by atoms with E-state index in [0.717, 1.165) is 17.4 Å². The van der Waals surface area contributed by atoms with E-state index in [1.807, 2.05) is 23.6 Å². The zero-order chi connectivity index (χ0) is 25.4. The Hall–Kier alpha value is -3.14. The first kappa shape index (κ1) is 25.0. The van der Waals surface area contributed by atoms with Crippen molar-refractivity contribution in [2.45, 2.75) is 33.2 Å². The lowest BCUT2D eigenvalue weighted by atomic mass is 9.96. The standard InChI is InChI=1S/C24H30ClFN6O3/c1-5-30(6-2)21(33)15-9-8-12-31(13-15)23-27-20-19(22(34)29(4)24(35)28(20)3)32(23)14-16-17(25)10-7-11-18(16)26/h7,10-11,15H,5-6,8-9,12-14H2,1-4H3. The summed E-state index contributed by atoms with van der Waals surface area (Å²) in [5.41, 5.74) is -0.421. The number of nitrogens with zero attached hydrogens (tertiary/aromatic N) is 6. The summed E-state index contributed by atoms with van der Waals surface area (Å²) in [5.74, 6) is -0.224. The SMILES string of the molecule is CCN(CC)C(=O)C1CCCN(c2nc3c(c(=O)n(C)c(=O)n3C)n2Cc2c(F)cccc2Cl)C1. The van der Waals surface area contributed by atoms with Gasteiger partial charge in [0.05, 0.1) is 12.5 Å². The molecule has 1 aliphatic heterocycles. The van der Waals surface area contributed by atoms with Crippen LogP contribution in [-0.2, 0) is 25.4 Å². The van der Waals surface area contributed by atoms with Crippen molar-refractivity contribution in [3.63, 3.8) is 0 Å². The lowest BCUT2D eigenvalue weighted by Gasteiger charge is -2.35. The van der Waals surface area contributed by atoms with E-state index in [1.165, 1.54) is 23.7 Å². The number of carbonyl (C=O) groups is 1. The van der Waals surface area contributed by atoms with Crippen LogP contribution in [0.15, 0.2) is 27.8 Å². The van der Waals surface area contributed by atoms with E-state index in [-0.39, 0.29) is 40.1 Å². The summed E-state index contributed by atoms with van der Waals surface area (Å²) in [4.78, 5) is 47.3. The highest BCUT2D eigenvalue weighted by Crippen LogP contribution is 2.29. The molecule has 9 nitrogen and oxygen atoms in total. The third-order valence-electron chi connectivity index (χ3n) is 6.83. The zero-order valence-electron chi connectivity index (χ0n) is 20.4. The van der Waals surface area contributed by atoms with E-state index >= 15 is 0 Å². The number of amides is 1. The van der Waals surface area contributed by atoms with Crippen LogP contribution in [0.3, 0.4) is 0 Å². The number of halogens is 2. The van der Waals surface area contributed by atoms with Gasteiger partial charge in [0.15, 0.2) is 11.2 Å². The number of aryl methyl sites for hydroxylation is 1. The third-order valence-corrected chi connectivity index (χ3v) is 7.19. The predicted octanol–water partition coefficient (Wildman–Crippen LogP) is 2.36. The van der Waals surface area contributed by atoms with Gasteiger partial charge in [-0.05, 0) is 38.8 Å². The molecule has 0 saturated carbocycles. The fourth-order valence-corrected chi connectivity index (χ4v) is 5.04. The van der Waals surface area contributed by atoms with E-state index in [0.29, 0.717) is 32.1 Å². The smallest absolute Gasteiger partial charge is 0.332 e. The minimum absolute atomic E-state index is 0.0457. The molecule has 4 rings (SSSR count). The van der Waals surface area contributed by atoms with Crippen molar-refractivity contribution in [2.24, 2.45) is 20.0 Å². The molecule has 1 saturated heterocycles. The Balaban J connectivity index is 1.87. The maximum absolute atomic E-state index is 14.8. The highest BCUT2D eigenvalue weighted by molar-refractivity contribution is 6.31. The highest BCUT2D eigenvalue weighted by atomic mass is 35.5. The minimum Gasteiger partial charge on any atom is -0.343 e. The first-order valence-electron chi connectivity index (χ1n) is 11.8. The molecular formula is C24H30ClFN6O3. The first-order valence-corrected chi connectivity index (χ1v) is 12.2. The Labute approximate surface area is 207 Å². The van der Waals surface area contributed by atoms with Crippen molar-refractivity contribution < 1.29 is 9.18 Å². The average Bonchev–Trinajstić information content (AvgIpc) is 3.24. The topological polar surface area (TPSA) is 85.4 Å². The summed E-state index contributed by atoms with van der Waals surface area (Å²) in [5, 5.41) is 0.229.